The van der Waals surface area contributed by atoms with Gasteiger partial charge in [-0.2, -0.15) is 0 Å². The van der Waals surface area contributed by atoms with E-state index in [4.69, 9.17) is 0 Å². The monoisotopic (exact) mass is 269 g/mol. The molecule has 2 aromatic carbocycles. The number of carbonyl (C=O) groups excluding carboxylic acids is 1. The molecule has 0 bridgehead atoms. The van der Waals surface area contributed by atoms with Gasteiger partial charge in [0.2, 0.25) is 0 Å². The van der Waals surface area contributed by atoms with Crippen LogP contribution in [-0.4, -0.2) is 13.3 Å². The quantitative estimate of drug-likeness (QED) is 0.518. The number of hydrogen-bond acceptors (Lipinski definition) is 2. The lowest BCUT2D eigenvalue weighted by atomic mass is 10.00. The van der Waals surface area contributed by atoms with Crippen molar-refractivity contribution >= 4 is 23.6 Å². The maximum Gasteiger partial charge on any atom is 0.150 e. The maximum absolute atomic E-state index is 13.7. The smallest absolute Gasteiger partial charge is 0.150 e. The highest BCUT2D eigenvalue weighted by atomic mass is 19.1. The molecule has 2 nitrogen and oxygen atoms in total. The summed E-state index contributed by atoms with van der Waals surface area (Å²) in [6.07, 6.45) is 2.32. The first kappa shape index (κ1) is 14.0. The highest BCUT2D eigenvalue weighted by Gasteiger charge is 2.08. The summed E-state index contributed by atoms with van der Waals surface area (Å²) in [7, 11) is 1.79. The number of allylic oxidation sites excluding steroid dienone is 1. The van der Waals surface area contributed by atoms with Gasteiger partial charge in [-0.25, -0.2) is 4.39 Å². The Morgan fingerprint density at radius 2 is 1.95 bits per heavy atom. The molecule has 0 spiro atoms. The number of hydrogen-bond donors (Lipinski definition) is 1. The van der Waals surface area contributed by atoms with E-state index in [-0.39, 0.29) is 5.82 Å². The van der Waals surface area contributed by atoms with Crippen molar-refractivity contribution in [1.29, 1.82) is 0 Å². The molecule has 0 aromatic heterocycles. The SMILES string of the molecule is CNc1ccc(C)cc1/C(C=O)=C/c1ccccc1F. The van der Waals surface area contributed by atoms with Crippen LogP contribution in [0.15, 0.2) is 42.5 Å². The molecule has 2 aromatic rings. The molecule has 0 amide bonds. The third-order valence-electron chi connectivity index (χ3n) is 3.10. The van der Waals surface area contributed by atoms with E-state index in [1.165, 1.54) is 6.07 Å². The summed E-state index contributed by atoms with van der Waals surface area (Å²) in [6.45, 7) is 1.95. The van der Waals surface area contributed by atoms with Crippen LogP contribution in [0, 0.1) is 12.7 Å². The van der Waals surface area contributed by atoms with Gasteiger partial charge in [-0.3, -0.25) is 4.79 Å². The van der Waals surface area contributed by atoms with Crippen molar-refractivity contribution in [1.82, 2.24) is 0 Å². The van der Waals surface area contributed by atoms with Crippen molar-refractivity contribution in [3.05, 3.63) is 65.0 Å². The van der Waals surface area contributed by atoms with Gasteiger partial charge in [0.1, 0.15) is 5.82 Å². The molecule has 0 heterocycles. The second-order valence-corrected chi connectivity index (χ2v) is 4.54. The number of halogens is 1. The van der Waals surface area contributed by atoms with Crippen LogP contribution in [0.25, 0.3) is 11.6 Å². The fourth-order valence-corrected chi connectivity index (χ4v) is 2.05. The second kappa shape index (κ2) is 6.15. The average molecular weight is 269 g/mol. The van der Waals surface area contributed by atoms with E-state index in [2.05, 4.69) is 5.32 Å². The summed E-state index contributed by atoms with van der Waals surface area (Å²) in [5.41, 5.74) is 3.50. The van der Waals surface area contributed by atoms with Gasteiger partial charge < -0.3 is 5.32 Å². The first-order valence-electron chi connectivity index (χ1n) is 6.36. The van der Waals surface area contributed by atoms with Gasteiger partial charge in [0.25, 0.3) is 0 Å². The number of aldehydes is 1. The molecule has 0 saturated heterocycles. The maximum atomic E-state index is 13.7. The predicted octanol–water partition coefficient (Wildman–Crippen LogP) is 3.92. The summed E-state index contributed by atoms with van der Waals surface area (Å²) in [5.74, 6) is -0.342. The highest BCUT2D eigenvalue weighted by molar-refractivity contribution is 6.15. The van der Waals surface area contributed by atoms with Crippen LogP contribution < -0.4 is 5.32 Å². The van der Waals surface area contributed by atoms with Crippen LogP contribution in [0.4, 0.5) is 10.1 Å². The molecule has 0 radical (unpaired) electrons. The topological polar surface area (TPSA) is 29.1 Å². The fourth-order valence-electron chi connectivity index (χ4n) is 2.05. The first-order valence-corrected chi connectivity index (χ1v) is 6.36. The summed E-state index contributed by atoms with van der Waals surface area (Å²) in [5, 5.41) is 3.04. The van der Waals surface area contributed by atoms with E-state index in [0.717, 1.165) is 23.1 Å². The summed E-state index contributed by atoms with van der Waals surface area (Å²) in [4.78, 5) is 11.4. The number of aryl methyl sites for hydroxylation is 1. The minimum Gasteiger partial charge on any atom is -0.388 e. The van der Waals surface area contributed by atoms with Crippen molar-refractivity contribution in [2.24, 2.45) is 0 Å². The number of carbonyl (C=O) groups is 1. The molecule has 0 atom stereocenters. The molecule has 102 valence electrons. The zero-order valence-electron chi connectivity index (χ0n) is 11.5. The molecule has 0 aliphatic rings. The molecule has 0 aliphatic carbocycles. The number of anilines is 1. The van der Waals surface area contributed by atoms with Crippen molar-refractivity contribution in [3.63, 3.8) is 0 Å². The Kier molecular flexibility index (Phi) is 4.31. The molecular formula is C17H16FNO. The van der Waals surface area contributed by atoms with Gasteiger partial charge in [0.05, 0.1) is 0 Å². The van der Waals surface area contributed by atoms with Gasteiger partial charge >= 0.3 is 0 Å². The van der Waals surface area contributed by atoms with E-state index in [9.17, 15) is 9.18 Å². The Hall–Kier alpha value is -2.42. The zero-order valence-corrected chi connectivity index (χ0v) is 11.5. The number of nitrogens with one attached hydrogen (secondary N) is 1. The number of rotatable bonds is 4. The normalized spacial score (nSPS) is 11.2. The van der Waals surface area contributed by atoms with Crippen LogP contribution in [0.5, 0.6) is 0 Å². The van der Waals surface area contributed by atoms with Gasteiger partial charge in [-0.1, -0.05) is 29.8 Å². The molecule has 20 heavy (non-hydrogen) atoms. The lowest BCUT2D eigenvalue weighted by molar-refractivity contribution is -0.103. The van der Waals surface area contributed by atoms with Crippen molar-refractivity contribution in [3.8, 4) is 0 Å². The van der Waals surface area contributed by atoms with Crippen LogP contribution >= 0.6 is 0 Å². The third kappa shape index (κ3) is 2.94. The van der Waals surface area contributed by atoms with Gasteiger partial charge in [-0.15, -0.1) is 0 Å². The Bertz CT molecular complexity index is 662. The predicted molar refractivity (Wildman–Crippen MR) is 81.1 cm³/mol. The first-order chi connectivity index (χ1) is 9.65. The Morgan fingerprint density at radius 3 is 2.60 bits per heavy atom. The van der Waals surface area contributed by atoms with Crippen LogP contribution in [0.1, 0.15) is 16.7 Å². The lowest BCUT2D eigenvalue weighted by Crippen LogP contribution is -1.97. The largest absolute Gasteiger partial charge is 0.388 e. The molecule has 2 rings (SSSR count). The van der Waals surface area contributed by atoms with Crippen molar-refractivity contribution in [2.45, 2.75) is 6.92 Å². The number of benzene rings is 2. The van der Waals surface area contributed by atoms with E-state index < -0.39 is 0 Å². The average Bonchev–Trinajstić information content (AvgIpc) is 2.46. The van der Waals surface area contributed by atoms with Crippen molar-refractivity contribution < 1.29 is 9.18 Å². The molecule has 0 saturated carbocycles. The molecule has 0 fully saturated rings. The van der Waals surface area contributed by atoms with Gasteiger partial charge in [0, 0.05) is 29.4 Å². The molecule has 3 heteroatoms. The summed E-state index contributed by atoms with van der Waals surface area (Å²) >= 11 is 0. The van der Waals surface area contributed by atoms with Gasteiger partial charge in [-0.05, 0) is 31.2 Å². The Balaban J connectivity index is 2.56. The molecule has 1 N–H and O–H groups in total. The molecule has 0 unspecified atom stereocenters. The van der Waals surface area contributed by atoms with Gasteiger partial charge in [0.15, 0.2) is 6.29 Å². The standard InChI is InChI=1S/C17H16FNO/c1-12-7-8-17(19-2)15(9-12)14(11-20)10-13-5-3-4-6-16(13)18/h3-11,19H,1-2H3/b14-10+. The van der Waals surface area contributed by atoms with Crippen LogP contribution in [0.2, 0.25) is 0 Å². The minimum absolute atomic E-state index is 0.342. The van der Waals surface area contributed by atoms with E-state index >= 15 is 0 Å². The minimum atomic E-state index is -0.342. The Labute approximate surface area is 118 Å². The van der Waals surface area contributed by atoms with Crippen LogP contribution in [0.3, 0.4) is 0 Å². The summed E-state index contributed by atoms with van der Waals surface area (Å²) < 4.78 is 13.7. The van der Waals surface area contributed by atoms with E-state index in [1.54, 1.807) is 31.3 Å². The highest BCUT2D eigenvalue weighted by Crippen LogP contribution is 2.26. The lowest BCUT2D eigenvalue weighted by Gasteiger charge is -2.10. The third-order valence-corrected chi connectivity index (χ3v) is 3.10. The molecular weight excluding hydrogens is 253 g/mol. The van der Waals surface area contributed by atoms with Crippen LogP contribution in [-0.2, 0) is 4.79 Å². The fraction of sp³-hybridized carbons (Fsp3) is 0.118. The van der Waals surface area contributed by atoms with E-state index in [0.29, 0.717) is 11.1 Å². The second-order valence-electron chi connectivity index (χ2n) is 4.54. The zero-order chi connectivity index (χ0) is 14.5. The summed E-state index contributed by atoms with van der Waals surface area (Å²) in [6, 6.07) is 12.2. The van der Waals surface area contributed by atoms with Crippen molar-refractivity contribution in [2.75, 3.05) is 12.4 Å². The van der Waals surface area contributed by atoms with E-state index in [1.807, 2.05) is 25.1 Å². The Morgan fingerprint density at radius 1 is 1.20 bits per heavy atom. The molecule has 0 aliphatic heterocycles.